The van der Waals surface area contributed by atoms with Crippen LogP contribution in [0.25, 0.3) is 0 Å². The quantitative estimate of drug-likeness (QED) is 0.622. The number of hydrogen-bond donors (Lipinski definition) is 0. The normalized spacial score (nSPS) is 9.33. The van der Waals surface area contributed by atoms with Crippen LogP contribution < -0.4 is 0 Å². The van der Waals surface area contributed by atoms with Gasteiger partial charge in [0, 0.05) is 26.1 Å². The average Bonchev–Trinajstić information content (AvgIpc) is 2.47. The summed E-state index contributed by atoms with van der Waals surface area (Å²) in [5.41, 5.74) is 0.577. The molecule has 4 nitrogen and oxygen atoms in total. The zero-order chi connectivity index (χ0) is 8.97. The van der Waals surface area contributed by atoms with E-state index in [1.54, 1.807) is 17.9 Å². The van der Waals surface area contributed by atoms with Crippen molar-refractivity contribution in [2.45, 2.75) is 12.8 Å². The van der Waals surface area contributed by atoms with Crippen molar-refractivity contribution in [1.82, 2.24) is 9.78 Å². The van der Waals surface area contributed by atoms with E-state index in [0.717, 1.165) is 0 Å². The van der Waals surface area contributed by atoms with E-state index < -0.39 is 0 Å². The molecule has 0 aliphatic rings. The first-order chi connectivity index (χ1) is 5.74. The molecular weight excluding hydrogens is 154 g/mol. The molecule has 0 fully saturated rings. The number of ketones is 1. The average molecular weight is 163 g/mol. The summed E-state index contributed by atoms with van der Waals surface area (Å²) in [6.45, 7) is 0. The van der Waals surface area contributed by atoms with Crippen molar-refractivity contribution in [1.29, 1.82) is 5.26 Å². The highest BCUT2D eigenvalue weighted by Gasteiger charge is 2.06. The number of nitriles is 1. The Labute approximate surface area is 70.4 Å². The number of carbonyl (C=O) groups is 1. The van der Waals surface area contributed by atoms with Gasteiger partial charge in [0.2, 0.25) is 0 Å². The van der Waals surface area contributed by atoms with Crippen LogP contribution in [0.4, 0.5) is 0 Å². The smallest absolute Gasteiger partial charge is 0.167 e. The molecule has 62 valence electrons. The summed E-state index contributed by atoms with van der Waals surface area (Å²) in [6.07, 6.45) is 3.72. The van der Waals surface area contributed by atoms with E-state index in [0.29, 0.717) is 5.56 Å². The summed E-state index contributed by atoms with van der Waals surface area (Å²) in [4.78, 5) is 11.2. The fourth-order valence-corrected chi connectivity index (χ4v) is 0.879. The van der Waals surface area contributed by atoms with Crippen LogP contribution in [0.5, 0.6) is 0 Å². The van der Waals surface area contributed by atoms with E-state index in [4.69, 9.17) is 5.26 Å². The highest BCUT2D eigenvalue weighted by molar-refractivity contribution is 5.95. The molecule has 1 aromatic heterocycles. The van der Waals surface area contributed by atoms with Crippen LogP contribution in [0, 0.1) is 11.3 Å². The van der Waals surface area contributed by atoms with E-state index >= 15 is 0 Å². The second-order valence-corrected chi connectivity index (χ2v) is 2.48. The Morgan fingerprint density at radius 3 is 3.08 bits per heavy atom. The number of hydrogen-bond acceptors (Lipinski definition) is 3. The Hall–Kier alpha value is -1.63. The molecule has 0 bridgehead atoms. The van der Waals surface area contributed by atoms with Gasteiger partial charge in [-0.15, -0.1) is 0 Å². The molecule has 0 N–H and O–H groups in total. The zero-order valence-electron chi connectivity index (χ0n) is 6.82. The van der Waals surface area contributed by atoms with Gasteiger partial charge in [-0.2, -0.15) is 10.4 Å². The molecule has 0 saturated carbocycles. The molecule has 0 amide bonds. The molecule has 0 unspecified atom stereocenters. The maximum Gasteiger partial charge on any atom is 0.167 e. The number of aryl methyl sites for hydroxylation is 1. The first kappa shape index (κ1) is 8.47. The third kappa shape index (κ3) is 1.92. The lowest BCUT2D eigenvalue weighted by molar-refractivity contribution is 0.0984. The summed E-state index contributed by atoms with van der Waals surface area (Å²) in [5.74, 6) is -0.0235. The van der Waals surface area contributed by atoms with Gasteiger partial charge in [-0.25, -0.2) is 0 Å². The van der Waals surface area contributed by atoms with Gasteiger partial charge < -0.3 is 0 Å². The van der Waals surface area contributed by atoms with E-state index in [1.165, 1.54) is 6.20 Å². The lowest BCUT2D eigenvalue weighted by Gasteiger charge is -1.89. The van der Waals surface area contributed by atoms with E-state index in [-0.39, 0.29) is 18.6 Å². The molecule has 1 aromatic rings. The minimum Gasteiger partial charge on any atom is -0.294 e. The van der Waals surface area contributed by atoms with E-state index in [9.17, 15) is 4.79 Å². The number of Topliss-reactive ketones (excluding diaryl/α,β-unsaturated/α-hetero) is 1. The predicted molar refractivity (Wildman–Crippen MR) is 42.4 cm³/mol. The van der Waals surface area contributed by atoms with Gasteiger partial charge in [0.05, 0.1) is 17.8 Å². The van der Waals surface area contributed by atoms with Crippen molar-refractivity contribution in [3.63, 3.8) is 0 Å². The Kier molecular flexibility index (Phi) is 2.59. The number of rotatable bonds is 3. The molecule has 1 heterocycles. The molecule has 0 aliphatic heterocycles. The van der Waals surface area contributed by atoms with Crippen molar-refractivity contribution >= 4 is 5.78 Å². The van der Waals surface area contributed by atoms with Crippen LogP contribution in [0.3, 0.4) is 0 Å². The number of nitrogens with zero attached hydrogens (tertiary/aromatic N) is 3. The number of carbonyl (C=O) groups excluding carboxylic acids is 1. The Bertz CT molecular complexity index is 321. The fourth-order valence-electron chi connectivity index (χ4n) is 0.879. The standard InChI is InChI=1S/C8H9N3O/c1-11-6-7(5-10-11)8(12)3-2-4-9/h5-6H,2-3H2,1H3. The first-order valence-corrected chi connectivity index (χ1v) is 3.63. The van der Waals surface area contributed by atoms with Crippen molar-refractivity contribution < 1.29 is 4.79 Å². The van der Waals surface area contributed by atoms with Gasteiger partial charge >= 0.3 is 0 Å². The Morgan fingerprint density at radius 2 is 2.58 bits per heavy atom. The van der Waals surface area contributed by atoms with Gasteiger partial charge in [0.1, 0.15) is 0 Å². The third-order valence-electron chi connectivity index (χ3n) is 1.49. The lowest BCUT2D eigenvalue weighted by Crippen LogP contribution is -1.96. The van der Waals surface area contributed by atoms with E-state index in [2.05, 4.69) is 5.10 Å². The molecule has 0 aliphatic carbocycles. The minimum absolute atomic E-state index is 0.0235. The molecule has 0 spiro atoms. The molecule has 12 heavy (non-hydrogen) atoms. The van der Waals surface area contributed by atoms with Crippen LogP contribution in [-0.4, -0.2) is 15.6 Å². The predicted octanol–water partition coefficient (Wildman–Crippen LogP) is 0.907. The summed E-state index contributed by atoms with van der Waals surface area (Å²) >= 11 is 0. The molecule has 4 heteroatoms. The fraction of sp³-hybridized carbons (Fsp3) is 0.375. The van der Waals surface area contributed by atoms with Crippen LogP contribution in [0.1, 0.15) is 23.2 Å². The van der Waals surface area contributed by atoms with E-state index in [1.807, 2.05) is 6.07 Å². The largest absolute Gasteiger partial charge is 0.294 e. The summed E-state index contributed by atoms with van der Waals surface area (Å²) in [7, 11) is 1.75. The second-order valence-electron chi connectivity index (χ2n) is 2.48. The highest BCUT2D eigenvalue weighted by Crippen LogP contribution is 2.02. The molecular formula is C8H9N3O. The molecule has 0 atom stereocenters. The maximum atomic E-state index is 11.2. The maximum absolute atomic E-state index is 11.2. The monoisotopic (exact) mass is 163 g/mol. The van der Waals surface area contributed by atoms with Gasteiger partial charge in [0.25, 0.3) is 0 Å². The van der Waals surface area contributed by atoms with Crippen molar-refractivity contribution in [2.75, 3.05) is 0 Å². The van der Waals surface area contributed by atoms with Crippen LogP contribution >= 0.6 is 0 Å². The Balaban J connectivity index is 2.61. The van der Waals surface area contributed by atoms with Crippen LogP contribution in [0.2, 0.25) is 0 Å². The lowest BCUT2D eigenvalue weighted by atomic mass is 10.1. The van der Waals surface area contributed by atoms with Gasteiger partial charge in [0.15, 0.2) is 5.78 Å². The summed E-state index contributed by atoms with van der Waals surface area (Å²) in [5, 5.41) is 12.1. The molecule has 1 rings (SSSR count). The van der Waals surface area contributed by atoms with Crippen LogP contribution in [0.15, 0.2) is 12.4 Å². The van der Waals surface area contributed by atoms with Gasteiger partial charge in [-0.05, 0) is 0 Å². The third-order valence-corrected chi connectivity index (χ3v) is 1.49. The van der Waals surface area contributed by atoms with Gasteiger partial charge in [-0.1, -0.05) is 0 Å². The summed E-state index contributed by atoms with van der Waals surface area (Å²) in [6, 6.07) is 1.93. The minimum atomic E-state index is -0.0235. The topological polar surface area (TPSA) is 58.7 Å². The van der Waals surface area contributed by atoms with Crippen molar-refractivity contribution in [2.24, 2.45) is 7.05 Å². The molecule has 0 radical (unpaired) electrons. The molecule has 0 aromatic carbocycles. The SMILES string of the molecule is Cn1cc(C(=O)CCC#N)cn1. The van der Waals surface area contributed by atoms with Crippen molar-refractivity contribution in [3.8, 4) is 6.07 Å². The zero-order valence-corrected chi connectivity index (χ0v) is 6.82. The van der Waals surface area contributed by atoms with Crippen molar-refractivity contribution in [3.05, 3.63) is 18.0 Å². The first-order valence-electron chi connectivity index (χ1n) is 3.63. The van der Waals surface area contributed by atoms with Gasteiger partial charge in [-0.3, -0.25) is 9.48 Å². The Morgan fingerprint density at radius 1 is 1.83 bits per heavy atom. The number of aromatic nitrogens is 2. The van der Waals surface area contributed by atoms with Crippen LogP contribution in [-0.2, 0) is 7.05 Å². The summed E-state index contributed by atoms with van der Waals surface area (Å²) < 4.78 is 1.57. The second kappa shape index (κ2) is 3.67. The molecule has 0 saturated heterocycles. The highest BCUT2D eigenvalue weighted by atomic mass is 16.1.